The molecule has 1 aromatic heterocycles. The highest BCUT2D eigenvalue weighted by molar-refractivity contribution is 5.86. The second-order valence-electron chi connectivity index (χ2n) is 6.18. The molecule has 0 saturated heterocycles. The van der Waals surface area contributed by atoms with Crippen molar-refractivity contribution < 1.29 is 4.52 Å². The average Bonchev–Trinajstić information content (AvgIpc) is 2.93. The van der Waals surface area contributed by atoms with Gasteiger partial charge in [-0.3, -0.25) is 0 Å². The molecule has 3 rings (SSSR count). The van der Waals surface area contributed by atoms with Gasteiger partial charge in [-0.05, 0) is 37.6 Å². The Balaban J connectivity index is 1.84. The second-order valence-corrected chi connectivity index (χ2v) is 6.18. The van der Waals surface area contributed by atoms with Crippen molar-refractivity contribution in [1.82, 2.24) is 15.5 Å². The molecule has 4 heteroatoms. The first-order valence-corrected chi connectivity index (χ1v) is 7.08. The van der Waals surface area contributed by atoms with Gasteiger partial charge in [0.1, 0.15) is 0 Å². The number of fused-ring (bicyclic) bond motifs is 1. The largest absolute Gasteiger partial charge is 0.338 e. The SMILES string of the molecule is CC(C)(C)NCc1nc(-c2ccc3ccccc3c2)no1. The molecule has 0 aliphatic carbocycles. The van der Waals surface area contributed by atoms with Gasteiger partial charge in [0, 0.05) is 11.1 Å². The minimum Gasteiger partial charge on any atom is -0.338 e. The van der Waals surface area contributed by atoms with Gasteiger partial charge in [0.2, 0.25) is 11.7 Å². The van der Waals surface area contributed by atoms with E-state index in [0.29, 0.717) is 18.3 Å². The van der Waals surface area contributed by atoms with Crippen molar-refractivity contribution in [2.45, 2.75) is 32.9 Å². The second kappa shape index (κ2) is 5.30. The van der Waals surface area contributed by atoms with Crippen LogP contribution in [0, 0.1) is 0 Å². The normalized spacial score (nSPS) is 12.0. The van der Waals surface area contributed by atoms with Crippen LogP contribution in [0.2, 0.25) is 0 Å². The molecule has 0 aliphatic heterocycles. The van der Waals surface area contributed by atoms with Crippen molar-refractivity contribution in [2.24, 2.45) is 0 Å². The molecule has 1 N–H and O–H groups in total. The van der Waals surface area contributed by atoms with Gasteiger partial charge >= 0.3 is 0 Å². The summed E-state index contributed by atoms with van der Waals surface area (Å²) in [5, 5.41) is 9.79. The van der Waals surface area contributed by atoms with E-state index in [0.717, 1.165) is 5.56 Å². The molecule has 0 spiro atoms. The number of hydrogen-bond donors (Lipinski definition) is 1. The fourth-order valence-electron chi connectivity index (χ4n) is 2.11. The molecule has 0 fully saturated rings. The van der Waals surface area contributed by atoms with Crippen LogP contribution in [0.4, 0.5) is 0 Å². The van der Waals surface area contributed by atoms with Gasteiger partial charge < -0.3 is 9.84 Å². The lowest BCUT2D eigenvalue weighted by Crippen LogP contribution is -2.35. The molecule has 21 heavy (non-hydrogen) atoms. The molecule has 3 aromatic rings. The van der Waals surface area contributed by atoms with Crippen molar-refractivity contribution in [3.8, 4) is 11.4 Å². The summed E-state index contributed by atoms with van der Waals surface area (Å²) in [7, 11) is 0. The topological polar surface area (TPSA) is 51.0 Å². The molecule has 4 nitrogen and oxygen atoms in total. The van der Waals surface area contributed by atoms with Gasteiger partial charge in [-0.1, -0.05) is 41.6 Å². The first kappa shape index (κ1) is 13.8. The molecule has 108 valence electrons. The predicted molar refractivity (Wildman–Crippen MR) is 83.8 cm³/mol. The molecular weight excluding hydrogens is 262 g/mol. The van der Waals surface area contributed by atoms with Crippen LogP contribution < -0.4 is 5.32 Å². The molecule has 1 heterocycles. The van der Waals surface area contributed by atoms with E-state index in [9.17, 15) is 0 Å². The van der Waals surface area contributed by atoms with E-state index in [4.69, 9.17) is 4.52 Å². The Morgan fingerprint density at radius 2 is 1.81 bits per heavy atom. The number of rotatable bonds is 3. The van der Waals surface area contributed by atoms with Crippen LogP contribution in [-0.4, -0.2) is 15.7 Å². The lowest BCUT2D eigenvalue weighted by Gasteiger charge is -2.18. The molecule has 2 aromatic carbocycles. The van der Waals surface area contributed by atoms with E-state index < -0.39 is 0 Å². The number of nitrogens with one attached hydrogen (secondary N) is 1. The highest BCUT2D eigenvalue weighted by Gasteiger charge is 2.13. The van der Waals surface area contributed by atoms with Crippen LogP contribution >= 0.6 is 0 Å². The quantitative estimate of drug-likeness (QED) is 0.793. The van der Waals surface area contributed by atoms with Crippen molar-refractivity contribution in [3.05, 3.63) is 48.4 Å². The van der Waals surface area contributed by atoms with Crippen molar-refractivity contribution >= 4 is 10.8 Å². The highest BCUT2D eigenvalue weighted by atomic mass is 16.5. The van der Waals surface area contributed by atoms with Gasteiger partial charge in [0.05, 0.1) is 6.54 Å². The van der Waals surface area contributed by atoms with E-state index in [1.54, 1.807) is 0 Å². The number of nitrogens with zero attached hydrogens (tertiary/aromatic N) is 2. The third-order valence-corrected chi connectivity index (χ3v) is 3.25. The molecule has 0 aliphatic rings. The Morgan fingerprint density at radius 3 is 2.57 bits per heavy atom. The van der Waals surface area contributed by atoms with Gasteiger partial charge in [-0.15, -0.1) is 0 Å². The molecular formula is C17H19N3O. The summed E-state index contributed by atoms with van der Waals surface area (Å²) in [6.07, 6.45) is 0. The number of hydrogen-bond acceptors (Lipinski definition) is 4. The third kappa shape index (κ3) is 3.28. The monoisotopic (exact) mass is 281 g/mol. The molecule has 0 radical (unpaired) electrons. The average molecular weight is 281 g/mol. The zero-order valence-corrected chi connectivity index (χ0v) is 12.6. The zero-order valence-electron chi connectivity index (χ0n) is 12.6. The van der Waals surface area contributed by atoms with E-state index >= 15 is 0 Å². The standard InChI is InChI=1S/C17H19N3O/c1-17(2,3)18-11-15-19-16(20-21-15)14-9-8-12-6-4-5-7-13(12)10-14/h4-10,18H,11H2,1-3H3. The van der Waals surface area contributed by atoms with Gasteiger partial charge in [0.25, 0.3) is 0 Å². The van der Waals surface area contributed by atoms with Crippen molar-refractivity contribution in [2.75, 3.05) is 0 Å². The van der Waals surface area contributed by atoms with Crippen LogP contribution in [0.15, 0.2) is 47.0 Å². The Bertz CT molecular complexity index is 756. The summed E-state index contributed by atoms with van der Waals surface area (Å²) in [5.74, 6) is 1.24. The molecule has 0 saturated carbocycles. The van der Waals surface area contributed by atoms with Crippen LogP contribution in [0.1, 0.15) is 26.7 Å². The Hall–Kier alpha value is -2.20. The lowest BCUT2D eigenvalue weighted by atomic mass is 10.1. The Morgan fingerprint density at radius 1 is 1.05 bits per heavy atom. The number of aromatic nitrogens is 2. The van der Waals surface area contributed by atoms with E-state index in [-0.39, 0.29) is 5.54 Å². The Labute approximate surface area is 124 Å². The van der Waals surface area contributed by atoms with Gasteiger partial charge in [-0.25, -0.2) is 0 Å². The minimum atomic E-state index is 0.0254. The zero-order chi connectivity index (χ0) is 14.9. The van der Waals surface area contributed by atoms with E-state index in [2.05, 4.69) is 60.5 Å². The fourth-order valence-corrected chi connectivity index (χ4v) is 2.11. The lowest BCUT2D eigenvalue weighted by molar-refractivity contribution is 0.336. The molecule has 0 amide bonds. The summed E-state index contributed by atoms with van der Waals surface area (Å²) < 4.78 is 5.30. The highest BCUT2D eigenvalue weighted by Crippen LogP contribution is 2.22. The summed E-state index contributed by atoms with van der Waals surface area (Å²) >= 11 is 0. The predicted octanol–water partition coefficient (Wildman–Crippen LogP) is 3.78. The maximum Gasteiger partial charge on any atom is 0.240 e. The third-order valence-electron chi connectivity index (χ3n) is 3.25. The van der Waals surface area contributed by atoms with Gasteiger partial charge in [-0.2, -0.15) is 4.98 Å². The smallest absolute Gasteiger partial charge is 0.240 e. The summed E-state index contributed by atoms with van der Waals surface area (Å²) in [6.45, 7) is 6.89. The van der Waals surface area contributed by atoms with Crippen LogP contribution in [0.25, 0.3) is 22.2 Å². The van der Waals surface area contributed by atoms with Crippen molar-refractivity contribution in [1.29, 1.82) is 0 Å². The maximum absolute atomic E-state index is 5.30. The van der Waals surface area contributed by atoms with Crippen LogP contribution in [-0.2, 0) is 6.54 Å². The minimum absolute atomic E-state index is 0.0254. The van der Waals surface area contributed by atoms with E-state index in [1.807, 2.05) is 18.2 Å². The summed E-state index contributed by atoms with van der Waals surface area (Å²) in [6, 6.07) is 14.4. The molecule has 0 atom stereocenters. The fraction of sp³-hybridized carbons (Fsp3) is 0.294. The van der Waals surface area contributed by atoms with E-state index in [1.165, 1.54) is 10.8 Å². The summed E-state index contributed by atoms with van der Waals surface area (Å²) in [5.41, 5.74) is 0.997. The van der Waals surface area contributed by atoms with Crippen molar-refractivity contribution in [3.63, 3.8) is 0 Å². The molecule has 0 unspecified atom stereocenters. The van der Waals surface area contributed by atoms with Crippen LogP contribution in [0.5, 0.6) is 0 Å². The maximum atomic E-state index is 5.30. The first-order chi connectivity index (χ1) is 10.0. The summed E-state index contributed by atoms with van der Waals surface area (Å²) in [4.78, 5) is 4.45. The molecule has 0 bridgehead atoms. The van der Waals surface area contributed by atoms with Crippen LogP contribution in [0.3, 0.4) is 0 Å². The van der Waals surface area contributed by atoms with Gasteiger partial charge in [0.15, 0.2) is 0 Å². The Kier molecular flexibility index (Phi) is 3.47. The number of benzene rings is 2. The first-order valence-electron chi connectivity index (χ1n) is 7.08.